The molecule has 0 aliphatic carbocycles. The first-order valence-electron chi connectivity index (χ1n) is 3.97. The second-order valence-corrected chi connectivity index (χ2v) is 2.74. The van der Waals surface area contributed by atoms with E-state index in [-0.39, 0.29) is 11.5 Å². The Kier molecular flexibility index (Phi) is 2.10. The highest BCUT2D eigenvalue weighted by Crippen LogP contribution is 2.20. The predicted molar refractivity (Wildman–Crippen MR) is 47.3 cm³/mol. The second-order valence-electron chi connectivity index (χ2n) is 2.74. The van der Waals surface area contributed by atoms with E-state index in [1.54, 1.807) is 12.1 Å². The van der Waals surface area contributed by atoms with Gasteiger partial charge < -0.3 is 4.52 Å². The third-order valence-corrected chi connectivity index (χ3v) is 1.76. The van der Waals surface area contributed by atoms with Crippen LogP contribution in [0.1, 0.15) is 10.5 Å². The zero-order chi connectivity index (χ0) is 9.97. The molecule has 0 N–H and O–H groups in total. The quantitative estimate of drug-likeness (QED) is 0.684. The molecule has 0 atom stereocenters. The molecule has 2 rings (SSSR count). The molecule has 0 radical (unpaired) electrons. The Bertz CT molecular complexity index is 465. The lowest BCUT2D eigenvalue weighted by atomic mass is 10.1. The number of carbonyl (C=O) groups is 1. The predicted octanol–water partition coefficient (Wildman–Crippen LogP) is 2.29. The molecule has 3 nitrogen and oxygen atoms in total. The minimum absolute atomic E-state index is 0.198. The molecule has 0 amide bonds. The van der Waals surface area contributed by atoms with Crippen molar-refractivity contribution in [2.24, 2.45) is 0 Å². The van der Waals surface area contributed by atoms with Gasteiger partial charge in [0, 0.05) is 11.6 Å². The average molecular weight is 191 g/mol. The third kappa shape index (κ3) is 1.54. The van der Waals surface area contributed by atoms with Gasteiger partial charge in [-0.25, -0.2) is 4.39 Å². The molecule has 0 saturated carbocycles. The second kappa shape index (κ2) is 3.41. The monoisotopic (exact) mass is 191 g/mol. The minimum atomic E-state index is -0.355. The van der Waals surface area contributed by atoms with Crippen LogP contribution in [0.2, 0.25) is 0 Å². The van der Waals surface area contributed by atoms with Gasteiger partial charge in [-0.3, -0.25) is 4.79 Å². The van der Waals surface area contributed by atoms with Crippen molar-refractivity contribution in [2.45, 2.75) is 0 Å². The summed E-state index contributed by atoms with van der Waals surface area (Å²) in [6, 6.07) is 7.35. The van der Waals surface area contributed by atoms with Crippen molar-refractivity contribution >= 4 is 6.29 Å². The number of hydrogen-bond donors (Lipinski definition) is 0. The summed E-state index contributed by atoms with van der Waals surface area (Å²) in [5.41, 5.74) is 0.759. The van der Waals surface area contributed by atoms with Crippen LogP contribution in [0.3, 0.4) is 0 Å². The first kappa shape index (κ1) is 8.62. The maximum Gasteiger partial charge on any atom is 0.171 e. The molecular weight excluding hydrogens is 185 g/mol. The van der Waals surface area contributed by atoms with Gasteiger partial charge in [0.05, 0.1) is 0 Å². The summed E-state index contributed by atoms with van der Waals surface area (Å²) in [6.07, 6.45) is 0.576. The number of aldehydes is 1. The Morgan fingerprint density at radius 1 is 1.36 bits per heavy atom. The van der Waals surface area contributed by atoms with Crippen LogP contribution >= 0.6 is 0 Å². The molecule has 1 aromatic heterocycles. The molecule has 4 heteroatoms. The van der Waals surface area contributed by atoms with Crippen molar-refractivity contribution in [3.63, 3.8) is 0 Å². The summed E-state index contributed by atoms with van der Waals surface area (Å²) in [4.78, 5) is 10.3. The molecule has 0 aliphatic heterocycles. The number of halogens is 1. The van der Waals surface area contributed by atoms with Gasteiger partial charge in [0.2, 0.25) is 0 Å². The van der Waals surface area contributed by atoms with Crippen molar-refractivity contribution in [2.75, 3.05) is 0 Å². The summed E-state index contributed by atoms with van der Waals surface area (Å²) in [5, 5.41) is 3.48. The van der Waals surface area contributed by atoms with Crippen LogP contribution in [0, 0.1) is 5.82 Å². The van der Waals surface area contributed by atoms with E-state index in [2.05, 4.69) is 5.16 Å². The van der Waals surface area contributed by atoms with Crippen molar-refractivity contribution < 1.29 is 13.7 Å². The Morgan fingerprint density at radius 3 is 2.86 bits per heavy atom. The zero-order valence-corrected chi connectivity index (χ0v) is 7.11. The number of benzene rings is 1. The Morgan fingerprint density at radius 2 is 2.21 bits per heavy atom. The van der Waals surface area contributed by atoms with Crippen LogP contribution in [-0.2, 0) is 0 Å². The lowest BCUT2D eigenvalue weighted by Gasteiger charge is -1.93. The molecule has 0 unspecified atom stereocenters. The molecule has 0 saturated heterocycles. The van der Waals surface area contributed by atoms with Gasteiger partial charge in [0.25, 0.3) is 0 Å². The fourth-order valence-electron chi connectivity index (χ4n) is 1.12. The first-order chi connectivity index (χ1) is 6.79. The topological polar surface area (TPSA) is 43.1 Å². The van der Waals surface area contributed by atoms with E-state index in [1.165, 1.54) is 18.2 Å². The van der Waals surface area contributed by atoms with E-state index in [0.717, 1.165) is 0 Å². The third-order valence-electron chi connectivity index (χ3n) is 1.76. The van der Waals surface area contributed by atoms with Gasteiger partial charge in [0.15, 0.2) is 12.0 Å². The maximum absolute atomic E-state index is 12.8. The molecule has 0 fully saturated rings. The van der Waals surface area contributed by atoms with Crippen LogP contribution in [0.15, 0.2) is 34.9 Å². The molecule has 70 valence electrons. The van der Waals surface area contributed by atoms with Crippen LogP contribution in [0.25, 0.3) is 11.3 Å². The summed E-state index contributed by atoms with van der Waals surface area (Å²) in [5.74, 6) is 0.0261. The minimum Gasteiger partial charge on any atom is -0.356 e. The Hall–Kier alpha value is -1.97. The Labute approximate surface area is 79.1 Å². The highest BCUT2D eigenvalue weighted by atomic mass is 19.1. The van der Waals surface area contributed by atoms with Crippen molar-refractivity contribution in [3.05, 3.63) is 41.8 Å². The number of nitrogens with zero attached hydrogens (tertiary/aromatic N) is 1. The van der Waals surface area contributed by atoms with E-state index < -0.39 is 0 Å². The SMILES string of the molecule is O=Cc1cc(-c2cccc(F)c2)on1. The van der Waals surface area contributed by atoms with Crippen molar-refractivity contribution in [1.82, 2.24) is 5.16 Å². The van der Waals surface area contributed by atoms with E-state index >= 15 is 0 Å². The van der Waals surface area contributed by atoms with Gasteiger partial charge in [-0.05, 0) is 12.1 Å². The highest BCUT2D eigenvalue weighted by Gasteiger charge is 2.06. The molecule has 0 bridgehead atoms. The van der Waals surface area contributed by atoms with Crippen molar-refractivity contribution in [3.8, 4) is 11.3 Å². The lowest BCUT2D eigenvalue weighted by Crippen LogP contribution is -1.76. The smallest absolute Gasteiger partial charge is 0.171 e. The number of carbonyl (C=O) groups excluding carboxylic acids is 1. The van der Waals surface area contributed by atoms with Crippen LogP contribution in [-0.4, -0.2) is 11.4 Å². The fourth-order valence-corrected chi connectivity index (χ4v) is 1.12. The molecule has 0 spiro atoms. The summed E-state index contributed by atoms with van der Waals surface area (Å²) < 4.78 is 17.7. The highest BCUT2D eigenvalue weighted by molar-refractivity contribution is 5.74. The Balaban J connectivity index is 2.43. The first-order valence-corrected chi connectivity index (χ1v) is 3.97. The fraction of sp³-hybridized carbons (Fsp3) is 0. The largest absolute Gasteiger partial charge is 0.356 e. The number of hydrogen-bond acceptors (Lipinski definition) is 3. The summed E-state index contributed by atoms with van der Waals surface area (Å²) in [6.45, 7) is 0. The summed E-state index contributed by atoms with van der Waals surface area (Å²) in [7, 11) is 0. The lowest BCUT2D eigenvalue weighted by molar-refractivity contribution is 0.111. The molecule has 1 heterocycles. The van der Waals surface area contributed by atoms with Gasteiger partial charge in [-0.15, -0.1) is 0 Å². The van der Waals surface area contributed by atoms with E-state index in [0.29, 0.717) is 17.6 Å². The van der Waals surface area contributed by atoms with Crippen LogP contribution in [0.5, 0.6) is 0 Å². The maximum atomic E-state index is 12.8. The normalized spacial score (nSPS) is 10.1. The van der Waals surface area contributed by atoms with Crippen LogP contribution in [0.4, 0.5) is 4.39 Å². The molecule has 14 heavy (non-hydrogen) atoms. The van der Waals surface area contributed by atoms with E-state index in [9.17, 15) is 9.18 Å². The van der Waals surface area contributed by atoms with Gasteiger partial charge in [-0.1, -0.05) is 17.3 Å². The number of aromatic nitrogens is 1. The summed E-state index contributed by atoms with van der Waals surface area (Å²) >= 11 is 0. The average Bonchev–Trinajstić information content (AvgIpc) is 2.66. The molecule has 1 aromatic carbocycles. The molecular formula is C10H6FNO2. The van der Waals surface area contributed by atoms with Crippen molar-refractivity contribution in [1.29, 1.82) is 0 Å². The van der Waals surface area contributed by atoms with E-state index in [1.807, 2.05) is 0 Å². The molecule has 2 aromatic rings. The van der Waals surface area contributed by atoms with E-state index in [4.69, 9.17) is 4.52 Å². The number of rotatable bonds is 2. The molecule has 0 aliphatic rings. The van der Waals surface area contributed by atoms with Gasteiger partial charge >= 0.3 is 0 Å². The van der Waals surface area contributed by atoms with Gasteiger partial charge in [-0.2, -0.15) is 0 Å². The zero-order valence-electron chi connectivity index (χ0n) is 7.11. The standard InChI is InChI=1S/C10H6FNO2/c11-8-3-1-2-7(4-8)10-5-9(6-13)12-14-10/h1-6H. The van der Waals surface area contributed by atoms with Gasteiger partial charge in [0.1, 0.15) is 11.5 Å². The van der Waals surface area contributed by atoms with Crippen LogP contribution < -0.4 is 0 Å².